The average molecular weight is 189 g/mol. The molecule has 0 saturated heterocycles. The van der Waals surface area contributed by atoms with Crippen LogP contribution in [-0.4, -0.2) is 10.9 Å². The number of carbonyl (C=O) groups is 1. The molecule has 0 saturated carbocycles. The predicted molar refractivity (Wildman–Crippen MR) is 53.1 cm³/mol. The summed E-state index contributed by atoms with van der Waals surface area (Å²) in [6.07, 6.45) is 0.409. The minimum Gasteiger partial charge on any atom is -0.356 e. The molecule has 0 unspecified atom stereocenters. The van der Waals surface area contributed by atoms with Crippen LogP contribution in [0.2, 0.25) is 0 Å². The zero-order valence-corrected chi connectivity index (χ0v) is 8.20. The van der Waals surface area contributed by atoms with E-state index in [1.165, 1.54) is 0 Å². The molecule has 2 aromatic rings. The van der Waals surface area contributed by atoms with E-state index in [2.05, 4.69) is 5.16 Å². The van der Waals surface area contributed by atoms with Crippen LogP contribution in [-0.2, 0) is 11.2 Å². The van der Waals surface area contributed by atoms with E-state index in [4.69, 9.17) is 4.52 Å². The van der Waals surface area contributed by atoms with Crippen LogP contribution in [0.15, 0.2) is 22.7 Å². The molecule has 0 spiro atoms. The Morgan fingerprint density at radius 2 is 2.29 bits per heavy atom. The minimum atomic E-state index is 0.131. The van der Waals surface area contributed by atoms with E-state index in [1.807, 2.05) is 25.1 Å². The van der Waals surface area contributed by atoms with Crippen molar-refractivity contribution in [2.24, 2.45) is 0 Å². The van der Waals surface area contributed by atoms with Gasteiger partial charge in [-0.2, -0.15) is 0 Å². The molecular weight excluding hydrogens is 178 g/mol. The first-order chi connectivity index (χ1) is 6.68. The van der Waals surface area contributed by atoms with E-state index in [1.54, 1.807) is 6.92 Å². The van der Waals surface area contributed by atoms with Gasteiger partial charge in [0, 0.05) is 17.4 Å². The van der Waals surface area contributed by atoms with E-state index < -0.39 is 0 Å². The highest BCUT2D eigenvalue weighted by atomic mass is 16.5. The van der Waals surface area contributed by atoms with Crippen LogP contribution in [0.5, 0.6) is 0 Å². The van der Waals surface area contributed by atoms with Gasteiger partial charge in [-0.15, -0.1) is 0 Å². The summed E-state index contributed by atoms with van der Waals surface area (Å²) < 4.78 is 5.18. The summed E-state index contributed by atoms with van der Waals surface area (Å²) in [4.78, 5) is 11.0. The quantitative estimate of drug-likeness (QED) is 0.727. The van der Waals surface area contributed by atoms with Crippen LogP contribution in [0.3, 0.4) is 0 Å². The smallest absolute Gasteiger partial charge is 0.170 e. The Balaban J connectivity index is 2.59. The fraction of sp³-hybridized carbons (Fsp3) is 0.273. The predicted octanol–water partition coefficient (Wildman–Crippen LogP) is 2.27. The standard InChI is InChI=1S/C11H11NO2/c1-7(13)6-9-4-3-5-10-8(2)12-14-11(9)10/h3-5H,6H2,1-2H3. The number of aryl methyl sites for hydroxylation is 1. The number of benzene rings is 1. The van der Waals surface area contributed by atoms with Crippen LogP contribution < -0.4 is 0 Å². The molecule has 0 aliphatic rings. The Hall–Kier alpha value is -1.64. The Kier molecular flexibility index (Phi) is 2.08. The van der Waals surface area contributed by atoms with Gasteiger partial charge in [-0.3, -0.25) is 4.79 Å². The number of Topliss-reactive ketones (excluding diaryl/α,β-unsaturated/α-hetero) is 1. The molecule has 0 fully saturated rings. The Bertz CT molecular complexity index is 485. The lowest BCUT2D eigenvalue weighted by atomic mass is 10.1. The van der Waals surface area contributed by atoms with Gasteiger partial charge in [-0.25, -0.2) is 0 Å². The normalized spacial score (nSPS) is 10.7. The molecule has 1 aromatic heterocycles. The van der Waals surface area contributed by atoms with Crippen molar-refractivity contribution in [3.05, 3.63) is 29.5 Å². The lowest BCUT2D eigenvalue weighted by Crippen LogP contribution is -1.96. The van der Waals surface area contributed by atoms with Crippen molar-refractivity contribution in [1.29, 1.82) is 0 Å². The second-order valence-corrected chi connectivity index (χ2v) is 3.44. The molecule has 3 heteroatoms. The number of nitrogens with zero attached hydrogens (tertiary/aromatic N) is 1. The summed E-state index contributed by atoms with van der Waals surface area (Å²) in [5, 5.41) is 4.87. The second kappa shape index (κ2) is 3.25. The molecule has 2 rings (SSSR count). The highest BCUT2D eigenvalue weighted by Gasteiger charge is 2.09. The van der Waals surface area contributed by atoms with Crippen molar-refractivity contribution in [2.45, 2.75) is 20.3 Å². The third-order valence-electron chi connectivity index (χ3n) is 2.20. The number of hydrogen-bond acceptors (Lipinski definition) is 3. The summed E-state index contributed by atoms with van der Waals surface area (Å²) in [6, 6.07) is 5.77. The van der Waals surface area contributed by atoms with Crippen molar-refractivity contribution < 1.29 is 9.32 Å². The summed E-state index contributed by atoms with van der Waals surface area (Å²) in [5.41, 5.74) is 2.52. The van der Waals surface area contributed by atoms with Gasteiger partial charge in [-0.05, 0) is 19.9 Å². The zero-order chi connectivity index (χ0) is 10.1. The van der Waals surface area contributed by atoms with Gasteiger partial charge < -0.3 is 4.52 Å². The van der Waals surface area contributed by atoms with E-state index in [-0.39, 0.29) is 5.78 Å². The average Bonchev–Trinajstić information content (AvgIpc) is 2.49. The lowest BCUT2D eigenvalue weighted by Gasteiger charge is -1.97. The van der Waals surface area contributed by atoms with Crippen molar-refractivity contribution in [1.82, 2.24) is 5.16 Å². The molecule has 1 aromatic carbocycles. The summed E-state index contributed by atoms with van der Waals surface area (Å²) in [5.74, 6) is 0.131. The van der Waals surface area contributed by atoms with Gasteiger partial charge in [0.1, 0.15) is 5.78 Å². The molecule has 0 atom stereocenters. The largest absolute Gasteiger partial charge is 0.356 e. The first kappa shape index (κ1) is 8.94. The number of para-hydroxylation sites is 1. The monoisotopic (exact) mass is 189 g/mol. The maximum absolute atomic E-state index is 11.0. The zero-order valence-electron chi connectivity index (χ0n) is 8.20. The van der Waals surface area contributed by atoms with Gasteiger partial charge in [0.05, 0.1) is 5.69 Å². The third-order valence-corrected chi connectivity index (χ3v) is 2.20. The number of carbonyl (C=O) groups excluding carboxylic acids is 1. The highest BCUT2D eigenvalue weighted by Crippen LogP contribution is 2.21. The fourth-order valence-electron chi connectivity index (χ4n) is 1.55. The number of fused-ring (bicyclic) bond motifs is 1. The summed E-state index contributed by atoms with van der Waals surface area (Å²) >= 11 is 0. The van der Waals surface area contributed by atoms with Crippen LogP contribution in [0.25, 0.3) is 11.0 Å². The molecule has 14 heavy (non-hydrogen) atoms. The highest BCUT2D eigenvalue weighted by molar-refractivity contribution is 5.87. The molecule has 0 bridgehead atoms. The molecular formula is C11H11NO2. The van der Waals surface area contributed by atoms with Crippen molar-refractivity contribution in [2.75, 3.05) is 0 Å². The van der Waals surface area contributed by atoms with E-state index >= 15 is 0 Å². The Labute approximate surface area is 81.7 Å². The van der Waals surface area contributed by atoms with Gasteiger partial charge in [0.15, 0.2) is 5.58 Å². The number of ketones is 1. The van der Waals surface area contributed by atoms with Gasteiger partial charge >= 0.3 is 0 Å². The molecule has 1 heterocycles. The first-order valence-electron chi connectivity index (χ1n) is 4.52. The van der Waals surface area contributed by atoms with E-state index in [9.17, 15) is 4.79 Å². The number of hydrogen-bond donors (Lipinski definition) is 0. The third kappa shape index (κ3) is 1.41. The molecule has 0 amide bonds. The SMILES string of the molecule is CC(=O)Cc1cccc2c(C)noc12. The second-order valence-electron chi connectivity index (χ2n) is 3.44. The molecule has 72 valence electrons. The van der Waals surface area contributed by atoms with E-state index in [0.717, 1.165) is 22.2 Å². The molecule has 0 N–H and O–H groups in total. The summed E-state index contributed by atoms with van der Waals surface area (Å²) in [7, 11) is 0. The van der Waals surface area contributed by atoms with Crippen molar-refractivity contribution in [3.8, 4) is 0 Å². The van der Waals surface area contributed by atoms with Crippen LogP contribution in [0, 0.1) is 6.92 Å². The topological polar surface area (TPSA) is 43.1 Å². The maximum Gasteiger partial charge on any atom is 0.170 e. The number of rotatable bonds is 2. The molecule has 3 nitrogen and oxygen atoms in total. The van der Waals surface area contributed by atoms with Crippen LogP contribution >= 0.6 is 0 Å². The van der Waals surface area contributed by atoms with Crippen LogP contribution in [0.4, 0.5) is 0 Å². The lowest BCUT2D eigenvalue weighted by molar-refractivity contribution is -0.116. The molecule has 0 radical (unpaired) electrons. The van der Waals surface area contributed by atoms with Crippen molar-refractivity contribution in [3.63, 3.8) is 0 Å². The van der Waals surface area contributed by atoms with Gasteiger partial charge in [-0.1, -0.05) is 17.3 Å². The summed E-state index contributed by atoms with van der Waals surface area (Å²) in [6.45, 7) is 3.46. The maximum atomic E-state index is 11.0. The molecule has 0 aliphatic carbocycles. The first-order valence-corrected chi connectivity index (χ1v) is 4.52. The Morgan fingerprint density at radius 1 is 1.50 bits per heavy atom. The fourth-order valence-corrected chi connectivity index (χ4v) is 1.55. The van der Waals surface area contributed by atoms with Crippen molar-refractivity contribution >= 4 is 16.8 Å². The Morgan fingerprint density at radius 3 is 3.00 bits per heavy atom. The minimum absolute atomic E-state index is 0.131. The number of aromatic nitrogens is 1. The van der Waals surface area contributed by atoms with Gasteiger partial charge in [0.2, 0.25) is 0 Å². The van der Waals surface area contributed by atoms with Crippen LogP contribution in [0.1, 0.15) is 18.2 Å². The molecule has 0 aliphatic heterocycles. The van der Waals surface area contributed by atoms with Gasteiger partial charge in [0.25, 0.3) is 0 Å². The van der Waals surface area contributed by atoms with E-state index in [0.29, 0.717) is 6.42 Å².